The number of carbonyl (C=O) groups excluding carboxylic acids is 1. The number of furan rings is 1. The van der Waals surface area contributed by atoms with Crippen molar-refractivity contribution in [1.82, 2.24) is 0 Å². The average Bonchev–Trinajstić information content (AvgIpc) is 2.56. The van der Waals surface area contributed by atoms with Gasteiger partial charge in [-0.15, -0.1) is 0 Å². The van der Waals surface area contributed by atoms with E-state index in [0.717, 1.165) is 16.5 Å². The van der Waals surface area contributed by atoms with Gasteiger partial charge in [0.05, 0.1) is 5.56 Å². The number of phenols is 1. The molecule has 0 saturated heterocycles. The molecule has 0 unspecified atom stereocenters. The maximum atomic E-state index is 12.0. The quantitative estimate of drug-likeness (QED) is 0.751. The van der Waals surface area contributed by atoms with E-state index in [-0.39, 0.29) is 11.5 Å². The minimum atomic E-state index is 0.0869. The minimum absolute atomic E-state index is 0.0869. The van der Waals surface area contributed by atoms with E-state index < -0.39 is 0 Å². The van der Waals surface area contributed by atoms with E-state index in [1.807, 2.05) is 19.9 Å². The van der Waals surface area contributed by atoms with E-state index in [1.54, 1.807) is 12.1 Å². The number of hydrogen-bond donors (Lipinski definition) is 1. The first-order valence-corrected chi connectivity index (χ1v) is 5.53. The lowest BCUT2D eigenvalue weighted by molar-refractivity contribution is 0.0992. The summed E-state index contributed by atoms with van der Waals surface area (Å²) in [5, 5.41) is 10.4. The van der Waals surface area contributed by atoms with E-state index in [4.69, 9.17) is 4.42 Å². The van der Waals surface area contributed by atoms with Gasteiger partial charge in [-0.05, 0) is 31.6 Å². The molecular weight excluding hydrogens is 216 g/mol. The molecule has 17 heavy (non-hydrogen) atoms. The zero-order chi connectivity index (χ0) is 12.2. The van der Waals surface area contributed by atoms with Crippen LogP contribution in [0.25, 0.3) is 17.0 Å². The fourth-order valence-corrected chi connectivity index (χ4v) is 2.27. The molecule has 0 amide bonds. The maximum absolute atomic E-state index is 12.0. The second-order valence-corrected chi connectivity index (χ2v) is 4.57. The van der Waals surface area contributed by atoms with Gasteiger partial charge < -0.3 is 9.52 Å². The third-order valence-electron chi connectivity index (χ3n) is 3.13. The van der Waals surface area contributed by atoms with Crippen molar-refractivity contribution in [2.24, 2.45) is 0 Å². The summed E-state index contributed by atoms with van der Waals surface area (Å²) in [6.45, 7) is 3.72. The zero-order valence-corrected chi connectivity index (χ0v) is 9.70. The molecule has 1 aliphatic carbocycles. The first-order chi connectivity index (χ1) is 8.06. The summed E-state index contributed by atoms with van der Waals surface area (Å²) in [6, 6.07) is 3.37. The Kier molecular flexibility index (Phi) is 1.93. The van der Waals surface area contributed by atoms with Crippen LogP contribution in [0.15, 0.2) is 22.1 Å². The van der Waals surface area contributed by atoms with Gasteiger partial charge in [-0.1, -0.05) is 5.57 Å². The summed E-state index contributed by atoms with van der Waals surface area (Å²) < 4.78 is 5.61. The highest BCUT2D eigenvalue weighted by molar-refractivity contribution is 6.12. The standard InChI is InChI=1S/C14H12O3/c1-7-3-11(16)14-9-5-8(2)10(15)6-12(9)17-13(14)4-7/h4-6,15H,3H2,1-2H3. The van der Waals surface area contributed by atoms with Crippen molar-refractivity contribution in [3.8, 4) is 5.75 Å². The lowest BCUT2D eigenvalue weighted by atomic mass is 9.94. The van der Waals surface area contributed by atoms with Crippen LogP contribution in [0.4, 0.5) is 0 Å². The number of carbonyl (C=O) groups is 1. The number of ketones is 1. The highest BCUT2D eigenvalue weighted by atomic mass is 16.3. The molecule has 0 aliphatic heterocycles. The average molecular weight is 228 g/mol. The Labute approximate surface area is 98.4 Å². The van der Waals surface area contributed by atoms with Crippen molar-refractivity contribution in [3.63, 3.8) is 0 Å². The molecule has 1 aliphatic rings. The molecule has 0 saturated carbocycles. The van der Waals surface area contributed by atoms with Crippen molar-refractivity contribution in [3.05, 3.63) is 34.6 Å². The van der Waals surface area contributed by atoms with Crippen molar-refractivity contribution < 1.29 is 14.3 Å². The number of phenolic OH excluding ortho intramolecular Hbond substituents is 1. The Morgan fingerprint density at radius 3 is 2.82 bits per heavy atom. The third kappa shape index (κ3) is 1.39. The van der Waals surface area contributed by atoms with Crippen LogP contribution in [0.5, 0.6) is 5.75 Å². The molecule has 3 rings (SSSR count). The molecule has 3 heteroatoms. The normalized spacial score (nSPS) is 14.9. The summed E-state index contributed by atoms with van der Waals surface area (Å²) in [5.74, 6) is 0.888. The number of fused-ring (bicyclic) bond motifs is 3. The Balaban J connectivity index is 2.41. The second-order valence-electron chi connectivity index (χ2n) is 4.57. The third-order valence-corrected chi connectivity index (χ3v) is 3.13. The van der Waals surface area contributed by atoms with Crippen LogP contribution in [0, 0.1) is 6.92 Å². The minimum Gasteiger partial charge on any atom is -0.508 e. The lowest BCUT2D eigenvalue weighted by Crippen LogP contribution is -2.04. The van der Waals surface area contributed by atoms with Gasteiger partial charge >= 0.3 is 0 Å². The predicted octanol–water partition coefficient (Wildman–Crippen LogP) is 3.44. The van der Waals surface area contributed by atoms with Crippen LogP contribution in [0.3, 0.4) is 0 Å². The molecule has 1 aromatic carbocycles. The van der Waals surface area contributed by atoms with Crippen LogP contribution in [0.1, 0.15) is 35.0 Å². The molecular formula is C14H12O3. The highest BCUT2D eigenvalue weighted by Crippen LogP contribution is 2.35. The van der Waals surface area contributed by atoms with Crippen molar-refractivity contribution >= 4 is 22.8 Å². The summed E-state index contributed by atoms with van der Waals surface area (Å²) in [4.78, 5) is 12.0. The topological polar surface area (TPSA) is 50.4 Å². The number of rotatable bonds is 0. The molecule has 0 radical (unpaired) electrons. The van der Waals surface area contributed by atoms with Gasteiger partial charge in [0, 0.05) is 17.9 Å². The molecule has 0 spiro atoms. The number of allylic oxidation sites excluding steroid dienone is 1. The van der Waals surface area contributed by atoms with Crippen molar-refractivity contribution in [2.75, 3.05) is 0 Å². The van der Waals surface area contributed by atoms with Crippen LogP contribution in [0.2, 0.25) is 0 Å². The van der Waals surface area contributed by atoms with Crippen LogP contribution >= 0.6 is 0 Å². The Morgan fingerprint density at radius 2 is 2.06 bits per heavy atom. The Hall–Kier alpha value is -2.03. The van der Waals surface area contributed by atoms with Crippen LogP contribution < -0.4 is 0 Å². The number of Topliss-reactive ketones (excluding diaryl/α,β-unsaturated/α-hetero) is 1. The second kappa shape index (κ2) is 3.23. The first kappa shape index (κ1) is 10.1. The smallest absolute Gasteiger partial charge is 0.171 e. The fraction of sp³-hybridized carbons (Fsp3) is 0.214. The molecule has 86 valence electrons. The van der Waals surface area contributed by atoms with Gasteiger partial charge in [0.25, 0.3) is 0 Å². The van der Waals surface area contributed by atoms with Gasteiger partial charge in [0.1, 0.15) is 17.1 Å². The van der Waals surface area contributed by atoms with Gasteiger partial charge in [-0.3, -0.25) is 4.79 Å². The summed E-state index contributed by atoms with van der Waals surface area (Å²) >= 11 is 0. The van der Waals surface area contributed by atoms with Gasteiger partial charge in [0.15, 0.2) is 5.78 Å². The molecule has 0 atom stereocenters. The van der Waals surface area contributed by atoms with E-state index in [0.29, 0.717) is 23.3 Å². The molecule has 3 nitrogen and oxygen atoms in total. The monoisotopic (exact) mass is 228 g/mol. The largest absolute Gasteiger partial charge is 0.508 e. The number of aryl methyl sites for hydroxylation is 1. The van der Waals surface area contributed by atoms with E-state index in [9.17, 15) is 9.90 Å². The predicted molar refractivity (Wildman–Crippen MR) is 65.2 cm³/mol. The van der Waals surface area contributed by atoms with Gasteiger partial charge in [0.2, 0.25) is 0 Å². The molecule has 0 bridgehead atoms. The van der Waals surface area contributed by atoms with Crippen LogP contribution in [-0.4, -0.2) is 10.9 Å². The van der Waals surface area contributed by atoms with Gasteiger partial charge in [-0.2, -0.15) is 0 Å². The molecule has 1 heterocycles. The maximum Gasteiger partial charge on any atom is 0.171 e. The zero-order valence-electron chi connectivity index (χ0n) is 9.70. The fourth-order valence-electron chi connectivity index (χ4n) is 2.27. The molecule has 1 N–H and O–H groups in total. The number of hydrogen-bond acceptors (Lipinski definition) is 3. The van der Waals surface area contributed by atoms with Crippen molar-refractivity contribution in [2.45, 2.75) is 20.3 Å². The lowest BCUT2D eigenvalue weighted by Gasteiger charge is -2.07. The summed E-state index contributed by atoms with van der Waals surface area (Å²) in [5.41, 5.74) is 2.97. The van der Waals surface area contributed by atoms with E-state index in [1.165, 1.54) is 0 Å². The Morgan fingerprint density at radius 1 is 1.29 bits per heavy atom. The SMILES string of the molecule is CC1=Cc2oc3cc(O)c(C)cc3c2C(=O)C1. The highest BCUT2D eigenvalue weighted by Gasteiger charge is 2.24. The first-order valence-electron chi connectivity index (χ1n) is 5.53. The summed E-state index contributed by atoms with van der Waals surface area (Å²) in [7, 11) is 0. The van der Waals surface area contributed by atoms with Crippen LogP contribution in [-0.2, 0) is 0 Å². The summed E-state index contributed by atoms with van der Waals surface area (Å²) in [6.07, 6.45) is 2.34. The van der Waals surface area contributed by atoms with Gasteiger partial charge in [-0.25, -0.2) is 0 Å². The molecule has 0 fully saturated rings. The van der Waals surface area contributed by atoms with Crippen molar-refractivity contribution in [1.29, 1.82) is 0 Å². The number of aromatic hydroxyl groups is 1. The molecule has 1 aromatic heterocycles. The van der Waals surface area contributed by atoms with E-state index in [2.05, 4.69) is 0 Å². The Bertz CT molecular complexity index is 674. The number of benzene rings is 1. The molecule has 2 aromatic rings. The van der Waals surface area contributed by atoms with E-state index >= 15 is 0 Å².